The van der Waals surface area contributed by atoms with Crippen LogP contribution in [0.1, 0.15) is 12.5 Å². The lowest BCUT2D eigenvalue weighted by atomic mass is 10.2. The van der Waals surface area contributed by atoms with Gasteiger partial charge in [-0.05, 0) is 55.0 Å². The van der Waals surface area contributed by atoms with Gasteiger partial charge in [-0.25, -0.2) is 0 Å². The van der Waals surface area contributed by atoms with E-state index in [-0.39, 0.29) is 24.0 Å². The highest BCUT2D eigenvalue weighted by molar-refractivity contribution is 9.10. The monoisotopic (exact) mass is 485 g/mol. The van der Waals surface area contributed by atoms with Crippen LogP contribution in [0.4, 0.5) is 14.5 Å². The van der Waals surface area contributed by atoms with Crippen molar-refractivity contribution in [2.24, 2.45) is 0 Å². The molecule has 0 bridgehead atoms. The first kappa shape index (κ1) is 20.8. The molecule has 4 nitrogen and oxygen atoms in total. The third-order valence-electron chi connectivity index (χ3n) is 3.66. The number of halogens is 3. The fourth-order valence-electron chi connectivity index (χ4n) is 2.51. The predicted molar refractivity (Wildman–Crippen MR) is 114 cm³/mol. The Balaban J connectivity index is 1.89. The van der Waals surface area contributed by atoms with Gasteiger partial charge in [0.2, 0.25) is 0 Å². The van der Waals surface area contributed by atoms with E-state index in [4.69, 9.17) is 17.0 Å². The average Bonchev–Trinajstić information content (AvgIpc) is 2.91. The standard InChI is InChI=1S/C19H14BrF2NO3S2/c1-2-25-15-9-11(3-8-14(15)26-18(21)22)10-16-17(24)23(19(27)28-16)13-6-4-12(20)5-7-13/h3-10,18H,2H2,1H3/b16-10-. The normalized spacial score (nSPS) is 15.6. The third-order valence-corrected chi connectivity index (χ3v) is 5.49. The molecule has 1 saturated heterocycles. The number of amides is 1. The SMILES string of the molecule is CCOc1cc(/C=C2\SC(=S)N(c3ccc(Br)cc3)C2=O)ccc1OC(F)F. The molecule has 0 aliphatic carbocycles. The van der Waals surface area contributed by atoms with E-state index in [0.29, 0.717) is 20.5 Å². The van der Waals surface area contributed by atoms with Gasteiger partial charge in [-0.3, -0.25) is 9.69 Å². The number of hydrogen-bond acceptors (Lipinski definition) is 5. The van der Waals surface area contributed by atoms with Crippen LogP contribution in [0.15, 0.2) is 51.8 Å². The first-order valence-electron chi connectivity index (χ1n) is 8.14. The number of thioether (sulfide) groups is 1. The number of carbonyl (C=O) groups excluding carboxylic acids is 1. The van der Waals surface area contributed by atoms with Crippen molar-refractivity contribution in [1.29, 1.82) is 0 Å². The van der Waals surface area contributed by atoms with Crippen molar-refractivity contribution >= 4 is 61.9 Å². The summed E-state index contributed by atoms with van der Waals surface area (Å²) in [5, 5.41) is 0. The molecule has 1 fully saturated rings. The number of carbonyl (C=O) groups is 1. The van der Waals surface area contributed by atoms with E-state index in [1.807, 2.05) is 12.1 Å². The molecule has 2 aromatic rings. The van der Waals surface area contributed by atoms with Gasteiger partial charge < -0.3 is 9.47 Å². The number of benzene rings is 2. The Hall–Kier alpha value is -1.97. The Kier molecular flexibility index (Phi) is 6.69. The van der Waals surface area contributed by atoms with Crippen molar-refractivity contribution in [1.82, 2.24) is 0 Å². The molecule has 28 heavy (non-hydrogen) atoms. The van der Waals surface area contributed by atoms with Crippen LogP contribution in [-0.4, -0.2) is 23.4 Å². The minimum absolute atomic E-state index is 0.0589. The molecule has 1 aliphatic rings. The quantitative estimate of drug-likeness (QED) is 0.378. The smallest absolute Gasteiger partial charge is 0.387 e. The Bertz CT molecular complexity index is 935. The van der Waals surface area contributed by atoms with E-state index in [2.05, 4.69) is 20.7 Å². The molecule has 0 spiro atoms. The highest BCUT2D eigenvalue weighted by atomic mass is 79.9. The number of rotatable bonds is 6. The van der Waals surface area contributed by atoms with Crippen LogP contribution in [0.2, 0.25) is 0 Å². The lowest BCUT2D eigenvalue weighted by Crippen LogP contribution is -2.27. The summed E-state index contributed by atoms with van der Waals surface area (Å²) in [6.07, 6.45) is 1.65. The largest absolute Gasteiger partial charge is 0.490 e. The Morgan fingerprint density at radius 1 is 1.21 bits per heavy atom. The van der Waals surface area contributed by atoms with Crippen LogP contribution in [0.3, 0.4) is 0 Å². The summed E-state index contributed by atoms with van der Waals surface area (Å²) in [4.78, 5) is 14.7. The van der Waals surface area contributed by atoms with Crippen molar-refractivity contribution in [2.45, 2.75) is 13.5 Å². The molecular weight excluding hydrogens is 472 g/mol. The van der Waals surface area contributed by atoms with Crippen molar-refractivity contribution in [3.8, 4) is 11.5 Å². The van der Waals surface area contributed by atoms with Gasteiger partial charge in [0.1, 0.15) is 0 Å². The van der Waals surface area contributed by atoms with Crippen LogP contribution < -0.4 is 14.4 Å². The highest BCUT2D eigenvalue weighted by Crippen LogP contribution is 2.37. The van der Waals surface area contributed by atoms with Gasteiger partial charge in [0, 0.05) is 4.47 Å². The molecule has 0 aromatic heterocycles. The van der Waals surface area contributed by atoms with Crippen LogP contribution >= 0.6 is 39.9 Å². The van der Waals surface area contributed by atoms with Crippen LogP contribution in [0.5, 0.6) is 11.5 Å². The minimum Gasteiger partial charge on any atom is -0.490 e. The molecule has 0 saturated carbocycles. The van der Waals surface area contributed by atoms with Gasteiger partial charge >= 0.3 is 6.61 Å². The Morgan fingerprint density at radius 3 is 2.57 bits per heavy atom. The first-order valence-corrected chi connectivity index (χ1v) is 10.2. The molecule has 0 atom stereocenters. The van der Waals surface area contributed by atoms with Gasteiger partial charge in [0.15, 0.2) is 15.8 Å². The Morgan fingerprint density at radius 2 is 1.93 bits per heavy atom. The number of alkyl halides is 2. The van der Waals surface area contributed by atoms with Crippen molar-refractivity contribution < 1.29 is 23.0 Å². The van der Waals surface area contributed by atoms with E-state index in [9.17, 15) is 13.6 Å². The number of anilines is 1. The van der Waals surface area contributed by atoms with E-state index in [1.54, 1.807) is 37.3 Å². The molecule has 1 heterocycles. The number of hydrogen-bond donors (Lipinski definition) is 0. The summed E-state index contributed by atoms with van der Waals surface area (Å²) >= 11 is 9.88. The molecule has 1 amide bonds. The molecule has 0 unspecified atom stereocenters. The summed E-state index contributed by atoms with van der Waals surface area (Å²) in [6, 6.07) is 11.8. The third kappa shape index (κ3) is 4.71. The summed E-state index contributed by atoms with van der Waals surface area (Å²) in [6.45, 7) is -0.927. The Labute approximate surface area is 178 Å². The molecule has 1 aliphatic heterocycles. The second kappa shape index (κ2) is 9.02. The van der Waals surface area contributed by atoms with Crippen molar-refractivity contribution in [3.05, 3.63) is 57.4 Å². The number of thiocarbonyl (C=S) groups is 1. The molecule has 0 N–H and O–H groups in total. The van der Waals surface area contributed by atoms with E-state index >= 15 is 0 Å². The van der Waals surface area contributed by atoms with Gasteiger partial charge in [-0.15, -0.1) is 0 Å². The highest BCUT2D eigenvalue weighted by Gasteiger charge is 2.33. The maximum atomic E-state index is 12.8. The van der Waals surface area contributed by atoms with Gasteiger partial charge in [0.05, 0.1) is 17.2 Å². The van der Waals surface area contributed by atoms with Crippen molar-refractivity contribution in [3.63, 3.8) is 0 Å². The zero-order valence-electron chi connectivity index (χ0n) is 14.5. The van der Waals surface area contributed by atoms with Crippen molar-refractivity contribution in [2.75, 3.05) is 11.5 Å². The zero-order valence-corrected chi connectivity index (χ0v) is 17.7. The van der Waals surface area contributed by atoms with Gasteiger partial charge in [-0.1, -0.05) is 46.0 Å². The van der Waals surface area contributed by atoms with Crippen LogP contribution in [0, 0.1) is 0 Å². The lowest BCUT2D eigenvalue weighted by Gasteiger charge is -2.14. The summed E-state index contributed by atoms with van der Waals surface area (Å²) in [5.41, 5.74) is 1.28. The predicted octanol–water partition coefficient (Wildman–Crippen LogP) is 5.86. The molecule has 2 aromatic carbocycles. The first-order chi connectivity index (χ1) is 13.4. The molecular formula is C19H14BrF2NO3S2. The maximum absolute atomic E-state index is 12.8. The fourth-order valence-corrected chi connectivity index (χ4v) is 4.07. The summed E-state index contributed by atoms with van der Waals surface area (Å²) in [7, 11) is 0. The zero-order chi connectivity index (χ0) is 20.3. The second-order valence-corrected chi connectivity index (χ2v) is 8.10. The molecule has 9 heteroatoms. The maximum Gasteiger partial charge on any atom is 0.387 e. The topological polar surface area (TPSA) is 38.8 Å². The van der Waals surface area contributed by atoms with Gasteiger partial charge in [-0.2, -0.15) is 8.78 Å². The molecule has 146 valence electrons. The number of nitrogens with zero attached hydrogens (tertiary/aromatic N) is 1. The van der Waals surface area contributed by atoms with E-state index in [1.165, 1.54) is 22.7 Å². The summed E-state index contributed by atoms with van der Waals surface area (Å²) in [5.74, 6) is -0.125. The van der Waals surface area contributed by atoms with E-state index < -0.39 is 6.61 Å². The van der Waals surface area contributed by atoms with E-state index in [0.717, 1.165) is 4.47 Å². The number of ether oxygens (including phenoxy) is 2. The fraction of sp³-hybridized carbons (Fsp3) is 0.158. The van der Waals surface area contributed by atoms with Gasteiger partial charge in [0.25, 0.3) is 5.91 Å². The average molecular weight is 486 g/mol. The second-order valence-electron chi connectivity index (χ2n) is 5.51. The lowest BCUT2D eigenvalue weighted by molar-refractivity contribution is -0.113. The van der Waals surface area contributed by atoms with Crippen LogP contribution in [-0.2, 0) is 4.79 Å². The molecule has 0 radical (unpaired) electrons. The summed E-state index contributed by atoms with van der Waals surface area (Å²) < 4.78 is 36.2. The minimum atomic E-state index is -2.95. The molecule has 3 rings (SSSR count). The van der Waals surface area contributed by atoms with Crippen LogP contribution in [0.25, 0.3) is 6.08 Å².